The van der Waals surface area contributed by atoms with Crippen molar-refractivity contribution in [2.45, 2.75) is 24.9 Å². The van der Waals surface area contributed by atoms with E-state index in [1.54, 1.807) is 19.6 Å². The average Bonchev–Trinajstić information content (AvgIpc) is 3.19. The molecule has 3 rings (SSSR count). The van der Waals surface area contributed by atoms with Crippen molar-refractivity contribution in [1.29, 1.82) is 0 Å². The molecule has 2 aliphatic heterocycles. The summed E-state index contributed by atoms with van der Waals surface area (Å²) in [5.41, 5.74) is 0.350. The summed E-state index contributed by atoms with van der Waals surface area (Å²) >= 11 is 0. The van der Waals surface area contributed by atoms with E-state index < -0.39 is 0 Å². The number of imidazole rings is 1. The van der Waals surface area contributed by atoms with Crippen LogP contribution in [0.2, 0.25) is 0 Å². The Balaban J connectivity index is 1.56. The Bertz CT molecular complexity index is 591. The van der Waals surface area contributed by atoms with Crippen molar-refractivity contribution in [1.82, 2.24) is 19.4 Å². The first-order valence-electron chi connectivity index (χ1n) is 9.10. The van der Waals surface area contributed by atoms with E-state index in [4.69, 9.17) is 9.47 Å². The number of hydrogen-bond donors (Lipinski definition) is 0. The van der Waals surface area contributed by atoms with Crippen LogP contribution in [0.15, 0.2) is 12.5 Å². The summed E-state index contributed by atoms with van der Waals surface area (Å²) in [5.74, 6) is 0.538. The Morgan fingerprint density at radius 2 is 2.40 bits per heavy atom. The lowest BCUT2D eigenvalue weighted by molar-refractivity contribution is -0.0451. The summed E-state index contributed by atoms with van der Waals surface area (Å²) in [6.07, 6.45) is 6.51. The number of methoxy groups -OCH3 is 1. The number of likely N-dealkylation sites (N-methyl/N-ethyl adjacent to an activating group) is 1. The van der Waals surface area contributed by atoms with Crippen LogP contribution in [0.1, 0.15) is 29.8 Å². The zero-order chi connectivity index (χ0) is 17.9. The Morgan fingerprint density at radius 3 is 3.12 bits per heavy atom. The molecule has 2 fully saturated rings. The van der Waals surface area contributed by atoms with Crippen molar-refractivity contribution in [3.63, 3.8) is 0 Å². The van der Waals surface area contributed by atoms with E-state index in [9.17, 15) is 4.79 Å². The van der Waals surface area contributed by atoms with E-state index in [1.165, 1.54) is 0 Å². The topological polar surface area (TPSA) is 59.8 Å². The van der Waals surface area contributed by atoms with E-state index >= 15 is 0 Å². The Morgan fingerprint density at radius 1 is 1.56 bits per heavy atom. The molecule has 3 heterocycles. The number of nitrogens with zero attached hydrogens (tertiary/aromatic N) is 4. The van der Waals surface area contributed by atoms with E-state index in [0.29, 0.717) is 18.2 Å². The lowest BCUT2D eigenvalue weighted by atomic mass is 9.86. The third kappa shape index (κ3) is 4.40. The molecule has 0 N–H and O–H groups in total. The minimum atomic E-state index is -0.171. The first kappa shape index (κ1) is 18.4. The standard InChI is InChI=1S/C18H30N4O3/c1-20(7-8-24-3)10-15-9-18(25-12-15)5-4-6-22(13-18)17(23)16-11-21(2)14-19-16/h11,14-15H,4-10,12-13H2,1-3H3/t15-,18-/m1/s1. The van der Waals surface area contributed by atoms with Gasteiger partial charge in [-0.2, -0.15) is 0 Å². The molecule has 1 spiro atoms. The predicted octanol–water partition coefficient (Wildman–Crippen LogP) is 1.01. The van der Waals surface area contributed by atoms with Crippen LogP contribution in [0.4, 0.5) is 0 Å². The maximum atomic E-state index is 12.7. The van der Waals surface area contributed by atoms with Crippen LogP contribution in [0, 0.1) is 5.92 Å². The zero-order valence-corrected chi connectivity index (χ0v) is 15.6. The fourth-order valence-corrected chi connectivity index (χ4v) is 4.08. The van der Waals surface area contributed by atoms with Crippen molar-refractivity contribution in [3.8, 4) is 0 Å². The molecule has 140 valence electrons. The number of rotatable bonds is 6. The Hall–Kier alpha value is -1.44. The number of ether oxygens (including phenoxy) is 2. The van der Waals surface area contributed by atoms with Crippen molar-refractivity contribution in [3.05, 3.63) is 18.2 Å². The molecule has 1 aromatic rings. The van der Waals surface area contributed by atoms with Crippen molar-refractivity contribution >= 4 is 5.91 Å². The second-order valence-electron chi connectivity index (χ2n) is 7.57. The number of aryl methyl sites for hydroxylation is 1. The van der Waals surface area contributed by atoms with Crippen molar-refractivity contribution < 1.29 is 14.3 Å². The first-order valence-corrected chi connectivity index (χ1v) is 9.10. The second-order valence-corrected chi connectivity index (χ2v) is 7.57. The molecule has 25 heavy (non-hydrogen) atoms. The number of hydrogen-bond acceptors (Lipinski definition) is 5. The van der Waals surface area contributed by atoms with Crippen LogP contribution in [0.5, 0.6) is 0 Å². The number of piperidine rings is 1. The smallest absolute Gasteiger partial charge is 0.274 e. The van der Waals surface area contributed by atoms with Gasteiger partial charge in [0.05, 0.1) is 31.7 Å². The summed E-state index contributed by atoms with van der Waals surface area (Å²) in [4.78, 5) is 21.1. The predicted molar refractivity (Wildman–Crippen MR) is 94.5 cm³/mol. The van der Waals surface area contributed by atoms with Gasteiger partial charge >= 0.3 is 0 Å². The molecule has 2 saturated heterocycles. The second kappa shape index (κ2) is 7.85. The Labute approximate surface area is 149 Å². The SMILES string of the molecule is COCCN(C)C[C@@H]1CO[C@]2(CCCN(C(=O)c3cn(C)cn3)C2)C1. The molecule has 7 heteroatoms. The van der Waals surface area contributed by atoms with Gasteiger partial charge in [0.15, 0.2) is 0 Å². The van der Waals surface area contributed by atoms with Crippen LogP contribution >= 0.6 is 0 Å². The molecular formula is C18H30N4O3. The highest BCUT2D eigenvalue weighted by Gasteiger charge is 2.44. The van der Waals surface area contributed by atoms with Gasteiger partial charge in [-0.25, -0.2) is 4.98 Å². The molecule has 7 nitrogen and oxygen atoms in total. The van der Waals surface area contributed by atoms with Crippen molar-refractivity contribution in [2.75, 3.05) is 53.6 Å². The van der Waals surface area contributed by atoms with Gasteiger partial charge in [0, 0.05) is 40.0 Å². The van der Waals surface area contributed by atoms with Crippen LogP contribution in [0.25, 0.3) is 0 Å². The molecule has 0 radical (unpaired) electrons. The number of likely N-dealkylation sites (tertiary alicyclic amines) is 1. The van der Waals surface area contributed by atoms with Gasteiger partial charge in [0.2, 0.25) is 0 Å². The third-order valence-electron chi connectivity index (χ3n) is 5.28. The van der Waals surface area contributed by atoms with E-state index in [-0.39, 0.29) is 11.5 Å². The number of amides is 1. The van der Waals surface area contributed by atoms with Gasteiger partial charge in [0.25, 0.3) is 5.91 Å². The highest BCUT2D eigenvalue weighted by atomic mass is 16.5. The molecule has 2 atom stereocenters. The normalized spacial score (nSPS) is 26.7. The van der Waals surface area contributed by atoms with Crippen LogP contribution in [0.3, 0.4) is 0 Å². The van der Waals surface area contributed by atoms with Crippen molar-refractivity contribution in [2.24, 2.45) is 13.0 Å². The van der Waals surface area contributed by atoms with Gasteiger partial charge in [0.1, 0.15) is 5.69 Å². The zero-order valence-electron chi connectivity index (χ0n) is 15.6. The van der Waals surface area contributed by atoms with Gasteiger partial charge in [-0.1, -0.05) is 0 Å². The molecule has 1 amide bonds. The molecule has 0 aromatic carbocycles. The monoisotopic (exact) mass is 350 g/mol. The van der Waals surface area contributed by atoms with Gasteiger partial charge in [-0.3, -0.25) is 4.79 Å². The molecule has 1 aromatic heterocycles. The summed E-state index contributed by atoms with van der Waals surface area (Å²) < 4.78 is 13.2. The highest BCUT2D eigenvalue weighted by molar-refractivity contribution is 5.92. The molecule has 0 bridgehead atoms. The first-order chi connectivity index (χ1) is 12.0. The van der Waals surface area contributed by atoms with Gasteiger partial charge < -0.3 is 23.8 Å². The number of carbonyl (C=O) groups excluding carboxylic acids is 1. The number of aromatic nitrogens is 2. The van der Waals surface area contributed by atoms with Crippen LogP contribution in [-0.4, -0.2) is 84.4 Å². The summed E-state index contributed by atoms with van der Waals surface area (Å²) in [6.45, 7) is 4.95. The minimum Gasteiger partial charge on any atom is -0.383 e. The molecular weight excluding hydrogens is 320 g/mol. The molecule has 0 aliphatic carbocycles. The number of carbonyl (C=O) groups is 1. The largest absolute Gasteiger partial charge is 0.383 e. The van der Waals surface area contributed by atoms with E-state index in [1.807, 2.05) is 16.5 Å². The highest BCUT2D eigenvalue weighted by Crippen LogP contribution is 2.38. The maximum absolute atomic E-state index is 12.7. The van der Waals surface area contributed by atoms with Gasteiger partial charge in [-0.05, 0) is 32.2 Å². The maximum Gasteiger partial charge on any atom is 0.274 e. The van der Waals surface area contributed by atoms with E-state index in [2.05, 4.69) is 16.9 Å². The molecule has 2 aliphatic rings. The van der Waals surface area contributed by atoms with Crippen LogP contribution in [-0.2, 0) is 16.5 Å². The summed E-state index contributed by atoms with van der Waals surface area (Å²) in [5, 5.41) is 0. The minimum absolute atomic E-state index is 0.0175. The summed E-state index contributed by atoms with van der Waals surface area (Å²) in [6, 6.07) is 0. The summed E-state index contributed by atoms with van der Waals surface area (Å²) in [7, 11) is 5.74. The lowest BCUT2D eigenvalue weighted by Gasteiger charge is -2.39. The fourth-order valence-electron chi connectivity index (χ4n) is 4.08. The quantitative estimate of drug-likeness (QED) is 0.766. The van der Waals surface area contributed by atoms with Gasteiger partial charge in [-0.15, -0.1) is 0 Å². The van der Waals surface area contributed by atoms with E-state index in [0.717, 1.165) is 52.1 Å². The molecule has 0 saturated carbocycles. The average molecular weight is 350 g/mol. The third-order valence-corrected chi connectivity index (χ3v) is 5.28. The molecule has 0 unspecified atom stereocenters. The van der Waals surface area contributed by atoms with Crippen LogP contribution < -0.4 is 0 Å². The Kier molecular flexibility index (Phi) is 5.76. The fraction of sp³-hybridized carbons (Fsp3) is 0.778. The lowest BCUT2D eigenvalue weighted by Crippen LogP contribution is -2.50.